The quantitative estimate of drug-likeness (QED) is 0.626. The third kappa shape index (κ3) is 3.23. The fraction of sp³-hybridized carbons (Fsp3) is 1.00. The van der Waals surface area contributed by atoms with E-state index in [0.29, 0.717) is 19.8 Å². The Morgan fingerprint density at radius 3 is 2.54 bits per heavy atom. The fourth-order valence-electron chi connectivity index (χ4n) is 1.49. The van der Waals surface area contributed by atoms with Gasteiger partial charge in [-0.05, 0) is 0 Å². The van der Waals surface area contributed by atoms with Crippen molar-refractivity contribution < 1.29 is 14.2 Å². The highest BCUT2D eigenvalue weighted by Crippen LogP contribution is 2.23. The molecule has 78 valence electrons. The summed E-state index contributed by atoms with van der Waals surface area (Å²) in [7, 11) is 1.67. The van der Waals surface area contributed by atoms with E-state index in [1.54, 1.807) is 7.11 Å². The van der Waals surface area contributed by atoms with E-state index < -0.39 is 0 Å². The van der Waals surface area contributed by atoms with Crippen LogP contribution in [0.25, 0.3) is 0 Å². The number of hydrogen-bond acceptors (Lipinski definition) is 4. The van der Waals surface area contributed by atoms with E-state index in [-0.39, 0.29) is 5.60 Å². The minimum absolute atomic E-state index is 0.156. The molecule has 1 aliphatic heterocycles. The summed E-state index contributed by atoms with van der Waals surface area (Å²) >= 11 is 0. The Bertz CT molecular complexity index is 135. The van der Waals surface area contributed by atoms with Gasteiger partial charge < -0.3 is 19.9 Å². The molecule has 0 spiro atoms. The van der Waals surface area contributed by atoms with Crippen LogP contribution in [0, 0.1) is 0 Å². The van der Waals surface area contributed by atoms with Crippen molar-refractivity contribution in [2.75, 3.05) is 40.1 Å². The van der Waals surface area contributed by atoms with E-state index in [9.17, 15) is 0 Å². The molecular formula is C9H19NO3. The molecule has 2 N–H and O–H groups in total. The monoisotopic (exact) mass is 189 g/mol. The third-order valence-corrected chi connectivity index (χ3v) is 2.47. The Kier molecular flexibility index (Phi) is 4.66. The lowest BCUT2D eigenvalue weighted by Crippen LogP contribution is -2.46. The highest BCUT2D eigenvalue weighted by Gasteiger charge is 2.31. The maximum atomic E-state index is 5.73. The van der Waals surface area contributed by atoms with Gasteiger partial charge in [-0.2, -0.15) is 0 Å². The summed E-state index contributed by atoms with van der Waals surface area (Å²) in [6, 6.07) is 0. The van der Waals surface area contributed by atoms with E-state index in [0.717, 1.165) is 26.1 Å². The van der Waals surface area contributed by atoms with Gasteiger partial charge in [0.05, 0.1) is 18.8 Å². The van der Waals surface area contributed by atoms with Crippen LogP contribution in [0.1, 0.15) is 12.8 Å². The van der Waals surface area contributed by atoms with Crippen LogP contribution >= 0.6 is 0 Å². The van der Waals surface area contributed by atoms with Crippen LogP contribution in [-0.2, 0) is 14.2 Å². The summed E-state index contributed by atoms with van der Waals surface area (Å²) in [6.07, 6.45) is 1.79. The van der Waals surface area contributed by atoms with Crippen LogP contribution in [0.2, 0.25) is 0 Å². The molecule has 0 saturated carbocycles. The minimum atomic E-state index is -0.156. The Hall–Kier alpha value is -0.160. The van der Waals surface area contributed by atoms with Gasteiger partial charge in [-0.1, -0.05) is 0 Å². The molecule has 0 aromatic rings. The van der Waals surface area contributed by atoms with Crippen molar-refractivity contribution in [3.05, 3.63) is 0 Å². The topological polar surface area (TPSA) is 53.7 Å². The first-order valence-electron chi connectivity index (χ1n) is 4.74. The standard InChI is InChI=1S/C9H19NO3/c1-11-6-7-13-9(8-10)2-4-12-5-3-9/h2-8,10H2,1H3. The predicted molar refractivity (Wildman–Crippen MR) is 49.7 cm³/mol. The van der Waals surface area contributed by atoms with Crippen LogP contribution in [-0.4, -0.2) is 45.7 Å². The van der Waals surface area contributed by atoms with E-state index in [1.807, 2.05) is 0 Å². The van der Waals surface area contributed by atoms with Crippen molar-refractivity contribution in [2.24, 2.45) is 5.73 Å². The zero-order chi connectivity index (χ0) is 9.57. The number of hydrogen-bond donors (Lipinski definition) is 1. The molecule has 0 radical (unpaired) electrons. The van der Waals surface area contributed by atoms with Gasteiger partial charge in [-0.3, -0.25) is 0 Å². The van der Waals surface area contributed by atoms with Crippen molar-refractivity contribution in [1.82, 2.24) is 0 Å². The predicted octanol–water partition coefficient (Wildman–Crippen LogP) is 0.157. The van der Waals surface area contributed by atoms with Crippen LogP contribution < -0.4 is 5.73 Å². The molecule has 0 unspecified atom stereocenters. The third-order valence-electron chi connectivity index (χ3n) is 2.47. The average molecular weight is 189 g/mol. The van der Waals surface area contributed by atoms with Crippen molar-refractivity contribution in [2.45, 2.75) is 18.4 Å². The molecule has 4 nitrogen and oxygen atoms in total. The smallest absolute Gasteiger partial charge is 0.0849 e. The molecule has 0 bridgehead atoms. The van der Waals surface area contributed by atoms with Crippen LogP contribution in [0.5, 0.6) is 0 Å². The largest absolute Gasteiger partial charge is 0.382 e. The molecule has 0 atom stereocenters. The lowest BCUT2D eigenvalue weighted by molar-refractivity contribution is -0.113. The second-order valence-corrected chi connectivity index (χ2v) is 3.34. The summed E-state index contributed by atoms with van der Waals surface area (Å²) in [5.74, 6) is 0. The molecule has 0 aliphatic carbocycles. The molecule has 1 rings (SSSR count). The van der Waals surface area contributed by atoms with Crippen molar-refractivity contribution in [3.8, 4) is 0 Å². The summed E-state index contributed by atoms with van der Waals surface area (Å²) in [4.78, 5) is 0. The summed E-state index contributed by atoms with van der Waals surface area (Å²) in [5.41, 5.74) is 5.54. The Morgan fingerprint density at radius 1 is 1.31 bits per heavy atom. The fourth-order valence-corrected chi connectivity index (χ4v) is 1.49. The first-order chi connectivity index (χ1) is 6.33. The molecule has 1 saturated heterocycles. The molecule has 4 heteroatoms. The highest BCUT2D eigenvalue weighted by atomic mass is 16.5. The van der Waals surface area contributed by atoms with E-state index in [4.69, 9.17) is 19.9 Å². The maximum Gasteiger partial charge on any atom is 0.0849 e. The van der Waals surface area contributed by atoms with Gasteiger partial charge >= 0.3 is 0 Å². The number of rotatable bonds is 5. The molecular weight excluding hydrogens is 170 g/mol. The van der Waals surface area contributed by atoms with Gasteiger partial charge in [0, 0.05) is 39.7 Å². The Labute approximate surface area is 79.3 Å². The van der Waals surface area contributed by atoms with Gasteiger partial charge in [-0.15, -0.1) is 0 Å². The minimum Gasteiger partial charge on any atom is -0.382 e. The normalized spacial score (nSPS) is 21.7. The molecule has 0 aromatic heterocycles. The van der Waals surface area contributed by atoms with Gasteiger partial charge in [0.25, 0.3) is 0 Å². The first kappa shape index (κ1) is 10.9. The van der Waals surface area contributed by atoms with Crippen molar-refractivity contribution in [3.63, 3.8) is 0 Å². The SMILES string of the molecule is COCCOC1(CN)CCOCC1. The van der Waals surface area contributed by atoms with Crippen LogP contribution in [0.4, 0.5) is 0 Å². The van der Waals surface area contributed by atoms with E-state index >= 15 is 0 Å². The molecule has 0 aromatic carbocycles. The maximum absolute atomic E-state index is 5.73. The second kappa shape index (κ2) is 5.54. The lowest BCUT2D eigenvalue weighted by Gasteiger charge is -2.35. The van der Waals surface area contributed by atoms with Gasteiger partial charge in [0.2, 0.25) is 0 Å². The Balaban J connectivity index is 2.29. The highest BCUT2D eigenvalue weighted by molar-refractivity contribution is 4.84. The summed E-state index contributed by atoms with van der Waals surface area (Å²) in [5, 5.41) is 0. The summed E-state index contributed by atoms with van der Waals surface area (Å²) < 4.78 is 15.9. The number of nitrogens with two attached hydrogens (primary N) is 1. The van der Waals surface area contributed by atoms with Gasteiger partial charge in [-0.25, -0.2) is 0 Å². The molecule has 0 amide bonds. The number of methoxy groups -OCH3 is 1. The molecule has 1 fully saturated rings. The number of ether oxygens (including phenoxy) is 3. The van der Waals surface area contributed by atoms with E-state index in [2.05, 4.69) is 0 Å². The summed E-state index contributed by atoms with van der Waals surface area (Å²) in [6.45, 7) is 3.32. The second-order valence-electron chi connectivity index (χ2n) is 3.34. The van der Waals surface area contributed by atoms with E-state index in [1.165, 1.54) is 0 Å². The molecule has 1 aliphatic rings. The van der Waals surface area contributed by atoms with Crippen LogP contribution in [0.3, 0.4) is 0 Å². The van der Waals surface area contributed by atoms with Crippen molar-refractivity contribution in [1.29, 1.82) is 0 Å². The zero-order valence-corrected chi connectivity index (χ0v) is 8.25. The van der Waals surface area contributed by atoms with Gasteiger partial charge in [0.15, 0.2) is 0 Å². The first-order valence-corrected chi connectivity index (χ1v) is 4.74. The molecule has 1 heterocycles. The average Bonchev–Trinajstić information content (AvgIpc) is 2.20. The molecule has 13 heavy (non-hydrogen) atoms. The Morgan fingerprint density at radius 2 is 2.00 bits per heavy atom. The zero-order valence-electron chi connectivity index (χ0n) is 8.25. The van der Waals surface area contributed by atoms with Gasteiger partial charge in [0.1, 0.15) is 0 Å². The lowest BCUT2D eigenvalue weighted by atomic mass is 9.94. The van der Waals surface area contributed by atoms with Crippen LogP contribution in [0.15, 0.2) is 0 Å². The van der Waals surface area contributed by atoms with Crippen molar-refractivity contribution >= 4 is 0 Å².